The molecule has 1 atom stereocenters. The lowest BCUT2D eigenvalue weighted by atomic mass is 9.99. The molecule has 0 spiro atoms. The topological polar surface area (TPSA) is 48.5 Å². The van der Waals surface area contributed by atoms with Crippen molar-refractivity contribution in [3.8, 4) is 0 Å². The zero-order valence-corrected chi connectivity index (χ0v) is 18.1. The number of carbonyl (C=O) groups excluding carboxylic acids is 1. The van der Waals surface area contributed by atoms with Gasteiger partial charge in [-0.25, -0.2) is 4.79 Å². The highest BCUT2D eigenvalue weighted by atomic mass is 35.5. The van der Waals surface area contributed by atoms with Gasteiger partial charge >= 0.3 is 6.03 Å². The van der Waals surface area contributed by atoms with Gasteiger partial charge in [-0.05, 0) is 67.1 Å². The minimum absolute atomic E-state index is 0.00213. The van der Waals surface area contributed by atoms with Gasteiger partial charge in [0.25, 0.3) is 0 Å². The van der Waals surface area contributed by atoms with Gasteiger partial charge in [-0.2, -0.15) is 0 Å². The lowest BCUT2D eigenvalue weighted by Crippen LogP contribution is -2.50. The van der Waals surface area contributed by atoms with Crippen molar-refractivity contribution in [1.29, 1.82) is 0 Å². The second kappa shape index (κ2) is 8.90. The summed E-state index contributed by atoms with van der Waals surface area (Å²) in [5, 5.41) is 4.52. The summed E-state index contributed by atoms with van der Waals surface area (Å²) in [6.45, 7) is 5.40. The third kappa shape index (κ3) is 4.68. The van der Waals surface area contributed by atoms with Gasteiger partial charge in [0.1, 0.15) is 0 Å². The number of urea groups is 1. The number of amides is 2. The molecule has 2 aliphatic rings. The van der Waals surface area contributed by atoms with E-state index in [0.29, 0.717) is 29.2 Å². The molecule has 4 rings (SSSR count). The molecular formula is C22H26Cl2N4O. The van der Waals surface area contributed by atoms with Gasteiger partial charge in [0.2, 0.25) is 0 Å². The maximum atomic E-state index is 12.8. The molecule has 0 bridgehead atoms. The van der Waals surface area contributed by atoms with E-state index in [2.05, 4.69) is 34.3 Å². The molecule has 29 heavy (non-hydrogen) atoms. The quantitative estimate of drug-likeness (QED) is 0.765. The normalized spacial score (nSPS) is 18.9. The second-order valence-corrected chi connectivity index (χ2v) is 8.76. The lowest BCUT2D eigenvalue weighted by molar-refractivity contribution is 0.144. The van der Waals surface area contributed by atoms with E-state index in [0.717, 1.165) is 43.5 Å². The van der Waals surface area contributed by atoms with Crippen LogP contribution in [-0.2, 0) is 13.0 Å². The maximum absolute atomic E-state index is 12.8. The van der Waals surface area contributed by atoms with Crippen molar-refractivity contribution in [3.05, 3.63) is 63.4 Å². The molecular weight excluding hydrogens is 407 g/mol. The molecule has 2 aromatic rings. The fraction of sp³-hybridized carbons (Fsp3) is 0.455. The van der Waals surface area contributed by atoms with E-state index in [1.807, 2.05) is 23.4 Å². The highest BCUT2D eigenvalue weighted by Crippen LogP contribution is 2.30. The molecule has 1 N–H and O–H groups in total. The zero-order valence-electron chi connectivity index (χ0n) is 16.6. The minimum atomic E-state index is 0.00213. The molecule has 0 aliphatic carbocycles. The van der Waals surface area contributed by atoms with Crippen LogP contribution in [0, 0.1) is 0 Å². The Labute approximate surface area is 182 Å². The van der Waals surface area contributed by atoms with Crippen molar-refractivity contribution >= 4 is 29.2 Å². The summed E-state index contributed by atoms with van der Waals surface area (Å²) >= 11 is 12.5. The van der Waals surface area contributed by atoms with Crippen LogP contribution in [0.2, 0.25) is 10.0 Å². The summed E-state index contributed by atoms with van der Waals surface area (Å²) in [5.74, 6) is 0. The van der Waals surface area contributed by atoms with Gasteiger partial charge in [0.05, 0.1) is 0 Å². The molecule has 3 heterocycles. The van der Waals surface area contributed by atoms with Crippen LogP contribution in [0.3, 0.4) is 0 Å². The third-order valence-corrected chi connectivity index (χ3v) is 6.69. The van der Waals surface area contributed by atoms with Crippen LogP contribution >= 0.6 is 23.2 Å². The summed E-state index contributed by atoms with van der Waals surface area (Å²) in [6, 6.07) is 8.44. The first-order valence-corrected chi connectivity index (χ1v) is 10.9. The lowest BCUT2D eigenvalue weighted by Gasteiger charge is -2.37. The molecule has 1 aromatic carbocycles. The van der Waals surface area contributed by atoms with Crippen LogP contribution < -0.4 is 5.32 Å². The molecule has 0 saturated carbocycles. The summed E-state index contributed by atoms with van der Waals surface area (Å²) in [4.78, 5) is 21.2. The van der Waals surface area contributed by atoms with E-state index >= 15 is 0 Å². The average molecular weight is 433 g/mol. The average Bonchev–Trinajstić information content (AvgIpc) is 2.74. The molecule has 1 aromatic heterocycles. The number of carbonyl (C=O) groups is 1. The van der Waals surface area contributed by atoms with Crippen LogP contribution in [0.25, 0.3) is 0 Å². The van der Waals surface area contributed by atoms with E-state index in [1.165, 1.54) is 5.56 Å². The Morgan fingerprint density at radius 3 is 2.62 bits per heavy atom. The second-order valence-electron chi connectivity index (χ2n) is 7.91. The monoisotopic (exact) mass is 432 g/mol. The number of hydrogen-bond acceptors (Lipinski definition) is 3. The number of hydrogen-bond donors (Lipinski definition) is 1. The van der Waals surface area contributed by atoms with E-state index in [9.17, 15) is 4.79 Å². The van der Waals surface area contributed by atoms with Gasteiger partial charge in [0, 0.05) is 60.7 Å². The molecule has 1 fully saturated rings. The summed E-state index contributed by atoms with van der Waals surface area (Å²) < 4.78 is 0. The Bertz CT molecular complexity index is 869. The predicted octanol–water partition coefficient (Wildman–Crippen LogP) is 4.68. The van der Waals surface area contributed by atoms with Crippen molar-refractivity contribution in [3.63, 3.8) is 0 Å². The first kappa shape index (κ1) is 20.5. The number of likely N-dealkylation sites (tertiary alicyclic amines) is 1. The number of rotatable bonds is 3. The van der Waals surface area contributed by atoms with E-state index in [1.54, 1.807) is 6.07 Å². The van der Waals surface area contributed by atoms with Crippen LogP contribution in [0.4, 0.5) is 4.79 Å². The standard InChI is InChI=1S/C22H26Cl2N4O/c1-15(16-2-7-25-8-3-16)27-10-5-19(6-11-27)26-22(29)28-9-4-17-12-18(23)13-21(24)20(17)14-28/h2-3,7-8,12-13,15,19H,4-6,9-11,14H2,1H3,(H,26,29). The zero-order chi connectivity index (χ0) is 20.4. The van der Waals surface area contributed by atoms with Crippen molar-refractivity contribution in [2.24, 2.45) is 0 Å². The highest BCUT2D eigenvalue weighted by Gasteiger charge is 2.28. The number of halogens is 2. The Kier molecular flexibility index (Phi) is 6.28. The molecule has 2 amide bonds. The Balaban J connectivity index is 1.30. The smallest absolute Gasteiger partial charge is 0.317 e. The summed E-state index contributed by atoms with van der Waals surface area (Å²) in [6.07, 6.45) is 6.39. The molecule has 0 radical (unpaired) electrons. The van der Waals surface area contributed by atoms with Crippen molar-refractivity contribution in [1.82, 2.24) is 20.1 Å². The Hall–Kier alpha value is -1.82. The van der Waals surface area contributed by atoms with Crippen LogP contribution in [-0.4, -0.2) is 46.5 Å². The minimum Gasteiger partial charge on any atom is -0.335 e. The fourth-order valence-corrected chi connectivity index (χ4v) is 4.90. The highest BCUT2D eigenvalue weighted by molar-refractivity contribution is 6.35. The number of nitrogens with zero attached hydrogens (tertiary/aromatic N) is 3. The largest absolute Gasteiger partial charge is 0.335 e. The summed E-state index contributed by atoms with van der Waals surface area (Å²) in [7, 11) is 0. The fourth-order valence-electron chi connectivity index (χ4n) is 4.31. The SMILES string of the molecule is CC(c1ccncc1)N1CCC(NC(=O)N2CCc3cc(Cl)cc(Cl)c3C2)CC1. The van der Waals surface area contributed by atoms with Crippen molar-refractivity contribution in [2.45, 2.75) is 44.8 Å². The Morgan fingerprint density at radius 2 is 1.90 bits per heavy atom. The van der Waals surface area contributed by atoms with Crippen molar-refractivity contribution < 1.29 is 4.79 Å². The molecule has 7 heteroatoms. The van der Waals surface area contributed by atoms with Gasteiger partial charge < -0.3 is 10.2 Å². The van der Waals surface area contributed by atoms with Crippen LogP contribution in [0.15, 0.2) is 36.7 Å². The Morgan fingerprint density at radius 1 is 1.17 bits per heavy atom. The molecule has 1 saturated heterocycles. The maximum Gasteiger partial charge on any atom is 0.317 e. The number of benzene rings is 1. The predicted molar refractivity (Wildman–Crippen MR) is 116 cm³/mol. The molecule has 5 nitrogen and oxygen atoms in total. The van der Waals surface area contributed by atoms with Crippen LogP contribution in [0.1, 0.15) is 42.5 Å². The van der Waals surface area contributed by atoms with E-state index in [4.69, 9.17) is 23.2 Å². The van der Waals surface area contributed by atoms with E-state index < -0.39 is 0 Å². The first-order valence-electron chi connectivity index (χ1n) is 10.2. The molecule has 154 valence electrons. The number of aromatic nitrogens is 1. The first-order chi connectivity index (χ1) is 14.0. The number of piperidine rings is 1. The van der Waals surface area contributed by atoms with Gasteiger partial charge in [-0.1, -0.05) is 23.2 Å². The van der Waals surface area contributed by atoms with Gasteiger partial charge in [-0.3, -0.25) is 9.88 Å². The third-order valence-electron chi connectivity index (χ3n) is 6.13. The van der Waals surface area contributed by atoms with Gasteiger partial charge in [-0.15, -0.1) is 0 Å². The van der Waals surface area contributed by atoms with Crippen LogP contribution in [0.5, 0.6) is 0 Å². The summed E-state index contributed by atoms with van der Waals surface area (Å²) in [5.41, 5.74) is 3.44. The van der Waals surface area contributed by atoms with Gasteiger partial charge in [0.15, 0.2) is 0 Å². The number of pyridine rings is 1. The molecule has 2 aliphatic heterocycles. The number of nitrogens with one attached hydrogen (secondary N) is 1. The van der Waals surface area contributed by atoms with E-state index in [-0.39, 0.29) is 12.1 Å². The van der Waals surface area contributed by atoms with Crippen molar-refractivity contribution in [2.75, 3.05) is 19.6 Å². The molecule has 1 unspecified atom stereocenters. The number of fused-ring (bicyclic) bond motifs is 1.